The van der Waals surface area contributed by atoms with Gasteiger partial charge in [0, 0.05) is 56.9 Å². The number of ether oxygens (including phenoxy) is 1. The number of hydrogen-bond donors (Lipinski definition) is 1. The maximum absolute atomic E-state index is 12.8. The molecule has 1 N–H and O–H groups in total. The minimum atomic E-state index is 0.0388. The van der Waals surface area contributed by atoms with Crippen LogP contribution in [0.5, 0.6) is 0 Å². The Hall–Kier alpha value is -2.18. The van der Waals surface area contributed by atoms with Crippen molar-refractivity contribution in [2.24, 2.45) is 5.92 Å². The summed E-state index contributed by atoms with van der Waals surface area (Å²) in [4.78, 5) is 14.7. The molecule has 6 nitrogen and oxygen atoms in total. The van der Waals surface area contributed by atoms with Crippen LogP contribution in [-0.4, -0.2) is 47.4 Å². The lowest BCUT2D eigenvalue weighted by Gasteiger charge is -2.27. The molecule has 6 heteroatoms. The van der Waals surface area contributed by atoms with Gasteiger partial charge in [0.1, 0.15) is 0 Å². The summed E-state index contributed by atoms with van der Waals surface area (Å²) in [5, 5.41) is 8.10. The Labute approximate surface area is 174 Å². The Balaban J connectivity index is 1.73. The molecule has 2 atom stereocenters. The van der Waals surface area contributed by atoms with Gasteiger partial charge in [-0.25, -0.2) is 0 Å². The van der Waals surface area contributed by atoms with Crippen LogP contribution in [0.3, 0.4) is 0 Å². The van der Waals surface area contributed by atoms with E-state index in [1.165, 1.54) is 16.7 Å². The summed E-state index contributed by atoms with van der Waals surface area (Å²) in [5.74, 6) is 0.414. The topological polar surface area (TPSA) is 59.4 Å². The molecule has 0 bridgehead atoms. The van der Waals surface area contributed by atoms with Crippen molar-refractivity contribution in [2.45, 2.75) is 52.7 Å². The van der Waals surface area contributed by atoms with E-state index in [0.29, 0.717) is 25.6 Å². The fourth-order valence-corrected chi connectivity index (χ4v) is 4.31. The van der Waals surface area contributed by atoms with Crippen LogP contribution in [0.4, 0.5) is 0 Å². The third-order valence-corrected chi connectivity index (χ3v) is 5.58. The number of nitrogens with one attached hydrogen (secondary N) is 1. The molecule has 3 rings (SSSR count). The van der Waals surface area contributed by atoms with Crippen molar-refractivity contribution < 1.29 is 9.53 Å². The summed E-state index contributed by atoms with van der Waals surface area (Å²) in [7, 11) is 1.68. The molecule has 1 aromatic carbocycles. The van der Waals surface area contributed by atoms with Gasteiger partial charge in [0.05, 0.1) is 18.8 Å². The second-order valence-electron chi connectivity index (χ2n) is 8.46. The van der Waals surface area contributed by atoms with E-state index >= 15 is 0 Å². The molecule has 1 aliphatic rings. The number of nitrogens with zero attached hydrogens (tertiary/aromatic N) is 3. The first kappa shape index (κ1) is 21.5. The standard InChI is InChI=1S/C23H34N4O2/c1-16(2)27-15-21(14-25-27)23-20(11-22(28)26(23)6-7-29-5)13-24-12-19-9-17(3)8-18(4)10-19/h8-10,14-16,20,23-24H,6-7,11-13H2,1-5H3/t20-,23+/m0/s1. The van der Waals surface area contributed by atoms with Crippen LogP contribution < -0.4 is 5.32 Å². The Morgan fingerprint density at radius 3 is 2.59 bits per heavy atom. The van der Waals surface area contributed by atoms with Crippen LogP contribution in [0, 0.1) is 19.8 Å². The molecule has 1 fully saturated rings. The molecule has 0 aliphatic carbocycles. The number of rotatable bonds is 9. The number of hydrogen-bond acceptors (Lipinski definition) is 4. The molecule has 1 aliphatic heterocycles. The van der Waals surface area contributed by atoms with Crippen LogP contribution in [0.25, 0.3) is 0 Å². The number of likely N-dealkylation sites (tertiary alicyclic amines) is 1. The van der Waals surface area contributed by atoms with Gasteiger partial charge in [-0.05, 0) is 33.3 Å². The predicted octanol–water partition coefficient (Wildman–Crippen LogP) is 3.41. The summed E-state index contributed by atoms with van der Waals surface area (Å²) >= 11 is 0. The molecule has 1 amide bonds. The normalized spacial score (nSPS) is 19.5. The summed E-state index contributed by atoms with van der Waals surface area (Å²) in [6, 6.07) is 6.96. The van der Waals surface area contributed by atoms with Crippen molar-refractivity contribution in [1.29, 1.82) is 0 Å². The van der Waals surface area contributed by atoms with Crippen molar-refractivity contribution >= 4 is 5.91 Å². The lowest BCUT2D eigenvalue weighted by atomic mass is 9.95. The third-order valence-electron chi connectivity index (χ3n) is 5.58. The van der Waals surface area contributed by atoms with Crippen molar-refractivity contribution in [3.8, 4) is 0 Å². The Morgan fingerprint density at radius 2 is 1.97 bits per heavy atom. The predicted molar refractivity (Wildman–Crippen MR) is 115 cm³/mol. The monoisotopic (exact) mass is 398 g/mol. The van der Waals surface area contributed by atoms with Gasteiger partial charge >= 0.3 is 0 Å². The van der Waals surface area contributed by atoms with E-state index in [4.69, 9.17) is 4.74 Å². The number of benzene rings is 1. The van der Waals surface area contributed by atoms with E-state index in [0.717, 1.165) is 18.7 Å². The Kier molecular flexibility index (Phi) is 7.09. The van der Waals surface area contributed by atoms with E-state index < -0.39 is 0 Å². The van der Waals surface area contributed by atoms with Crippen LogP contribution in [0.1, 0.15) is 54.6 Å². The second kappa shape index (κ2) is 9.55. The molecule has 0 unspecified atom stereocenters. The van der Waals surface area contributed by atoms with Gasteiger partial charge < -0.3 is 15.0 Å². The highest BCUT2D eigenvalue weighted by Crippen LogP contribution is 2.37. The molecule has 158 valence electrons. The van der Waals surface area contributed by atoms with E-state index in [9.17, 15) is 4.79 Å². The van der Waals surface area contributed by atoms with Gasteiger partial charge in [-0.2, -0.15) is 5.10 Å². The van der Waals surface area contributed by atoms with E-state index in [-0.39, 0.29) is 17.9 Å². The van der Waals surface area contributed by atoms with Crippen molar-refractivity contribution in [1.82, 2.24) is 20.0 Å². The summed E-state index contributed by atoms with van der Waals surface area (Å²) in [5.41, 5.74) is 4.95. The van der Waals surface area contributed by atoms with Gasteiger partial charge in [-0.3, -0.25) is 9.48 Å². The maximum atomic E-state index is 12.8. The highest BCUT2D eigenvalue weighted by molar-refractivity contribution is 5.79. The number of amides is 1. The fraction of sp³-hybridized carbons (Fsp3) is 0.565. The van der Waals surface area contributed by atoms with Crippen molar-refractivity contribution in [3.05, 3.63) is 52.8 Å². The molecule has 29 heavy (non-hydrogen) atoms. The zero-order valence-corrected chi connectivity index (χ0v) is 18.3. The number of carbonyl (C=O) groups excluding carboxylic acids is 1. The van der Waals surface area contributed by atoms with Crippen molar-refractivity contribution in [2.75, 3.05) is 26.8 Å². The minimum Gasteiger partial charge on any atom is -0.383 e. The van der Waals surface area contributed by atoms with Crippen LogP contribution in [-0.2, 0) is 16.1 Å². The van der Waals surface area contributed by atoms with Crippen LogP contribution in [0.2, 0.25) is 0 Å². The quantitative estimate of drug-likeness (QED) is 0.703. The Morgan fingerprint density at radius 1 is 1.24 bits per heavy atom. The lowest BCUT2D eigenvalue weighted by Crippen LogP contribution is -2.33. The number of aryl methyl sites for hydroxylation is 2. The zero-order valence-electron chi connectivity index (χ0n) is 18.3. The Bertz CT molecular complexity index is 810. The molecule has 1 aromatic heterocycles. The largest absolute Gasteiger partial charge is 0.383 e. The van der Waals surface area contributed by atoms with Gasteiger partial charge in [-0.15, -0.1) is 0 Å². The third kappa shape index (κ3) is 5.25. The molecule has 2 heterocycles. The first-order valence-corrected chi connectivity index (χ1v) is 10.5. The van der Waals surface area contributed by atoms with E-state index in [1.807, 2.05) is 15.8 Å². The minimum absolute atomic E-state index is 0.0388. The van der Waals surface area contributed by atoms with Gasteiger partial charge in [-0.1, -0.05) is 29.3 Å². The van der Waals surface area contributed by atoms with Crippen LogP contribution >= 0.6 is 0 Å². The van der Waals surface area contributed by atoms with Gasteiger partial charge in [0.25, 0.3) is 0 Å². The highest BCUT2D eigenvalue weighted by Gasteiger charge is 2.40. The molecular weight excluding hydrogens is 364 g/mol. The first-order valence-electron chi connectivity index (χ1n) is 10.5. The summed E-state index contributed by atoms with van der Waals surface area (Å²) < 4.78 is 7.21. The second-order valence-corrected chi connectivity index (χ2v) is 8.46. The van der Waals surface area contributed by atoms with Crippen molar-refractivity contribution in [3.63, 3.8) is 0 Å². The van der Waals surface area contributed by atoms with E-state index in [2.05, 4.69) is 62.5 Å². The van der Waals surface area contributed by atoms with Gasteiger partial charge in [0.2, 0.25) is 5.91 Å². The molecule has 0 spiro atoms. The smallest absolute Gasteiger partial charge is 0.223 e. The molecule has 2 aromatic rings. The highest BCUT2D eigenvalue weighted by atomic mass is 16.5. The average Bonchev–Trinajstić information content (AvgIpc) is 3.24. The SMILES string of the molecule is COCCN1C(=O)C[C@@H](CNCc2cc(C)cc(C)c2)[C@@H]1c1cnn(C(C)C)c1. The fourth-order valence-electron chi connectivity index (χ4n) is 4.31. The maximum Gasteiger partial charge on any atom is 0.223 e. The average molecular weight is 399 g/mol. The number of aromatic nitrogens is 2. The van der Waals surface area contributed by atoms with Crippen LogP contribution in [0.15, 0.2) is 30.6 Å². The molecule has 1 saturated heterocycles. The molecular formula is C23H34N4O2. The molecule has 0 radical (unpaired) electrons. The van der Waals surface area contributed by atoms with E-state index in [1.54, 1.807) is 7.11 Å². The summed E-state index contributed by atoms with van der Waals surface area (Å²) in [6.07, 6.45) is 4.56. The number of carbonyl (C=O) groups is 1. The first-order chi connectivity index (χ1) is 13.9. The lowest BCUT2D eigenvalue weighted by molar-refractivity contribution is -0.129. The number of methoxy groups -OCH3 is 1. The van der Waals surface area contributed by atoms with Gasteiger partial charge in [0.15, 0.2) is 0 Å². The molecule has 0 saturated carbocycles. The zero-order chi connectivity index (χ0) is 21.0. The summed E-state index contributed by atoms with van der Waals surface area (Å²) in [6.45, 7) is 11.2.